The third-order valence-corrected chi connectivity index (χ3v) is 6.80. The van der Waals surface area contributed by atoms with Gasteiger partial charge in [0.15, 0.2) is 0 Å². The Balaban J connectivity index is 1.49. The second-order valence-electron chi connectivity index (χ2n) is 8.36. The molecule has 1 heteroatoms. The zero-order valence-corrected chi connectivity index (χ0v) is 14.8. The van der Waals surface area contributed by atoms with Crippen molar-refractivity contribution in [3.05, 3.63) is 24.3 Å². The Labute approximate surface area is 143 Å². The highest BCUT2D eigenvalue weighted by atomic mass is 16.3. The third-order valence-electron chi connectivity index (χ3n) is 6.80. The molecule has 3 aliphatic rings. The van der Waals surface area contributed by atoms with E-state index >= 15 is 0 Å². The van der Waals surface area contributed by atoms with E-state index in [-0.39, 0.29) is 6.10 Å². The van der Waals surface area contributed by atoms with Gasteiger partial charge in [-0.2, -0.15) is 0 Å². The summed E-state index contributed by atoms with van der Waals surface area (Å²) in [5.41, 5.74) is 0. The SMILES string of the molecule is OC1CCC(CCCC(C2CC=CCC2)C2CC=CCC2)CC1. The summed E-state index contributed by atoms with van der Waals surface area (Å²) in [6.07, 6.45) is 26.7. The highest BCUT2D eigenvalue weighted by Crippen LogP contribution is 2.40. The molecule has 0 amide bonds. The third kappa shape index (κ3) is 5.21. The number of hydrogen-bond donors (Lipinski definition) is 1. The Hall–Kier alpha value is -0.560. The topological polar surface area (TPSA) is 20.2 Å². The summed E-state index contributed by atoms with van der Waals surface area (Å²) in [5.74, 6) is 3.75. The van der Waals surface area contributed by atoms with Gasteiger partial charge in [0, 0.05) is 0 Å². The van der Waals surface area contributed by atoms with E-state index < -0.39 is 0 Å². The average molecular weight is 317 g/mol. The minimum Gasteiger partial charge on any atom is -0.393 e. The predicted octanol–water partition coefficient (Wildman–Crippen LogP) is 6.04. The predicted molar refractivity (Wildman–Crippen MR) is 98.3 cm³/mol. The maximum Gasteiger partial charge on any atom is 0.0540 e. The maximum atomic E-state index is 9.67. The van der Waals surface area contributed by atoms with Gasteiger partial charge in [-0.3, -0.25) is 0 Å². The van der Waals surface area contributed by atoms with Crippen molar-refractivity contribution in [2.24, 2.45) is 23.7 Å². The van der Waals surface area contributed by atoms with Crippen molar-refractivity contribution >= 4 is 0 Å². The first-order valence-electron chi connectivity index (χ1n) is 10.3. The van der Waals surface area contributed by atoms with Gasteiger partial charge in [-0.25, -0.2) is 0 Å². The van der Waals surface area contributed by atoms with Crippen molar-refractivity contribution < 1.29 is 5.11 Å². The molecule has 0 aromatic rings. The van der Waals surface area contributed by atoms with Crippen molar-refractivity contribution in [3.8, 4) is 0 Å². The molecule has 0 aromatic carbocycles. The lowest BCUT2D eigenvalue weighted by Gasteiger charge is -2.36. The number of aliphatic hydroxyl groups excluding tert-OH is 1. The van der Waals surface area contributed by atoms with Crippen LogP contribution in [0, 0.1) is 23.7 Å². The van der Waals surface area contributed by atoms with E-state index in [1.54, 1.807) is 0 Å². The van der Waals surface area contributed by atoms with Crippen LogP contribution in [0.5, 0.6) is 0 Å². The van der Waals surface area contributed by atoms with E-state index in [2.05, 4.69) is 24.3 Å². The van der Waals surface area contributed by atoms with Gasteiger partial charge in [0.2, 0.25) is 0 Å². The molecule has 2 atom stereocenters. The van der Waals surface area contributed by atoms with Crippen LogP contribution in [0.1, 0.15) is 83.5 Å². The molecule has 1 nitrogen and oxygen atoms in total. The maximum absolute atomic E-state index is 9.67. The van der Waals surface area contributed by atoms with Crippen LogP contribution in [0.3, 0.4) is 0 Å². The molecule has 3 rings (SSSR count). The average Bonchev–Trinajstić information content (AvgIpc) is 2.62. The van der Waals surface area contributed by atoms with Crippen LogP contribution in [0.4, 0.5) is 0 Å². The fourth-order valence-electron chi connectivity index (χ4n) is 5.34. The molecule has 3 aliphatic carbocycles. The van der Waals surface area contributed by atoms with Crippen molar-refractivity contribution in [1.82, 2.24) is 0 Å². The summed E-state index contributed by atoms with van der Waals surface area (Å²) >= 11 is 0. The summed E-state index contributed by atoms with van der Waals surface area (Å²) < 4.78 is 0. The minimum absolute atomic E-state index is 0.00190. The second kappa shape index (κ2) is 9.06. The standard InChI is InChI=1S/C22H36O/c23-21-16-14-18(15-17-21)8-7-13-22(19-9-3-1-4-10-19)20-11-5-2-6-12-20/h1-3,5,18-23H,4,6-17H2. The van der Waals surface area contributed by atoms with Gasteiger partial charge in [-0.05, 0) is 94.3 Å². The van der Waals surface area contributed by atoms with E-state index in [1.807, 2.05) is 0 Å². The lowest BCUT2D eigenvalue weighted by Crippen LogP contribution is -2.26. The van der Waals surface area contributed by atoms with Gasteiger partial charge in [0.1, 0.15) is 0 Å². The Morgan fingerprint density at radius 1 is 0.783 bits per heavy atom. The van der Waals surface area contributed by atoms with Gasteiger partial charge in [-0.15, -0.1) is 0 Å². The van der Waals surface area contributed by atoms with Crippen molar-refractivity contribution in [1.29, 1.82) is 0 Å². The number of hydrogen-bond acceptors (Lipinski definition) is 1. The van der Waals surface area contributed by atoms with Gasteiger partial charge >= 0.3 is 0 Å². The molecule has 1 N–H and O–H groups in total. The normalized spacial score (nSPS) is 36.0. The van der Waals surface area contributed by atoms with E-state index in [0.29, 0.717) is 0 Å². The van der Waals surface area contributed by atoms with Gasteiger partial charge in [-0.1, -0.05) is 37.1 Å². The highest BCUT2D eigenvalue weighted by Gasteiger charge is 2.29. The molecule has 1 saturated carbocycles. The number of allylic oxidation sites excluding steroid dienone is 4. The summed E-state index contributed by atoms with van der Waals surface area (Å²) in [6, 6.07) is 0. The summed E-state index contributed by atoms with van der Waals surface area (Å²) in [7, 11) is 0. The van der Waals surface area contributed by atoms with Gasteiger partial charge in [0.05, 0.1) is 6.10 Å². The summed E-state index contributed by atoms with van der Waals surface area (Å²) in [6.45, 7) is 0. The Kier molecular flexibility index (Phi) is 6.80. The fourth-order valence-corrected chi connectivity index (χ4v) is 5.34. The summed E-state index contributed by atoms with van der Waals surface area (Å²) in [4.78, 5) is 0. The number of aliphatic hydroxyl groups is 1. The van der Waals surface area contributed by atoms with E-state index in [4.69, 9.17) is 0 Å². The zero-order chi connectivity index (χ0) is 15.9. The van der Waals surface area contributed by atoms with Crippen molar-refractivity contribution in [3.63, 3.8) is 0 Å². The van der Waals surface area contributed by atoms with E-state index in [1.165, 1.54) is 70.6 Å². The molecule has 1 fully saturated rings. The van der Waals surface area contributed by atoms with Crippen LogP contribution in [-0.2, 0) is 0 Å². The molecule has 0 aliphatic heterocycles. The van der Waals surface area contributed by atoms with Crippen LogP contribution >= 0.6 is 0 Å². The van der Waals surface area contributed by atoms with E-state index in [0.717, 1.165) is 36.5 Å². The molecule has 23 heavy (non-hydrogen) atoms. The fraction of sp³-hybridized carbons (Fsp3) is 0.818. The first-order valence-corrected chi connectivity index (χ1v) is 10.3. The first-order chi connectivity index (χ1) is 11.3. The first kappa shape index (κ1) is 17.3. The lowest BCUT2D eigenvalue weighted by molar-refractivity contribution is 0.103. The molecule has 0 radical (unpaired) electrons. The molecule has 0 heterocycles. The largest absolute Gasteiger partial charge is 0.393 e. The zero-order valence-electron chi connectivity index (χ0n) is 14.8. The second-order valence-corrected chi connectivity index (χ2v) is 8.36. The van der Waals surface area contributed by atoms with Crippen LogP contribution in [0.2, 0.25) is 0 Å². The molecule has 0 aromatic heterocycles. The smallest absolute Gasteiger partial charge is 0.0540 e. The molecular weight excluding hydrogens is 280 g/mol. The number of rotatable bonds is 6. The van der Waals surface area contributed by atoms with Crippen LogP contribution < -0.4 is 0 Å². The Morgan fingerprint density at radius 3 is 1.91 bits per heavy atom. The highest BCUT2D eigenvalue weighted by molar-refractivity contribution is 4.97. The molecule has 0 spiro atoms. The Bertz CT molecular complexity index is 365. The van der Waals surface area contributed by atoms with Crippen molar-refractivity contribution in [2.45, 2.75) is 89.6 Å². The van der Waals surface area contributed by atoms with E-state index in [9.17, 15) is 5.11 Å². The monoisotopic (exact) mass is 316 g/mol. The molecular formula is C22H36O. The van der Waals surface area contributed by atoms with Crippen LogP contribution in [0.25, 0.3) is 0 Å². The molecule has 130 valence electrons. The lowest BCUT2D eigenvalue weighted by atomic mass is 9.69. The summed E-state index contributed by atoms with van der Waals surface area (Å²) in [5, 5.41) is 9.67. The van der Waals surface area contributed by atoms with Crippen LogP contribution in [-0.4, -0.2) is 11.2 Å². The van der Waals surface area contributed by atoms with Crippen molar-refractivity contribution in [2.75, 3.05) is 0 Å². The molecule has 0 saturated heterocycles. The van der Waals surface area contributed by atoms with Crippen LogP contribution in [0.15, 0.2) is 24.3 Å². The quantitative estimate of drug-likeness (QED) is 0.593. The van der Waals surface area contributed by atoms with Gasteiger partial charge < -0.3 is 5.11 Å². The molecule has 2 unspecified atom stereocenters. The van der Waals surface area contributed by atoms with Gasteiger partial charge in [0.25, 0.3) is 0 Å². The molecule has 0 bridgehead atoms. The minimum atomic E-state index is 0.00190. The Morgan fingerprint density at radius 2 is 1.39 bits per heavy atom.